The fraction of sp³-hybridized carbons (Fsp3) is 0.222. The number of carbonyl (C=O) groups is 1. The monoisotopic (exact) mass is 377 g/mol. The zero-order chi connectivity index (χ0) is 17.5. The standard InChI is InChI=1S/C18H16ClNO2S2/c1-18(2,3)20-16(21)15(24-17(20)23)10-13-7-8-14(22-13)11-5-4-6-12(19)9-11/h4-10H,1-3H3. The van der Waals surface area contributed by atoms with Crippen LogP contribution in [0, 0.1) is 0 Å². The van der Waals surface area contributed by atoms with Gasteiger partial charge in [0.25, 0.3) is 5.91 Å². The molecule has 24 heavy (non-hydrogen) atoms. The molecule has 1 amide bonds. The number of rotatable bonds is 2. The second-order valence-corrected chi connectivity index (χ2v) is 8.51. The zero-order valence-corrected chi connectivity index (χ0v) is 15.9. The van der Waals surface area contributed by atoms with E-state index < -0.39 is 0 Å². The van der Waals surface area contributed by atoms with Gasteiger partial charge in [-0.15, -0.1) is 0 Å². The molecule has 3 rings (SSSR count). The van der Waals surface area contributed by atoms with E-state index in [2.05, 4.69) is 0 Å². The molecular formula is C18H16ClNO2S2. The number of hydrogen-bond donors (Lipinski definition) is 0. The van der Waals surface area contributed by atoms with Gasteiger partial charge >= 0.3 is 0 Å². The second kappa shape index (κ2) is 6.39. The summed E-state index contributed by atoms with van der Waals surface area (Å²) in [6, 6.07) is 11.1. The van der Waals surface area contributed by atoms with E-state index in [9.17, 15) is 4.79 Å². The summed E-state index contributed by atoms with van der Waals surface area (Å²) >= 11 is 12.6. The first kappa shape index (κ1) is 17.3. The lowest BCUT2D eigenvalue weighted by Gasteiger charge is -2.30. The van der Waals surface area contributed by atoms with Crippen LogP contribution in [0.5, 0.6) is 0 Å². The molecule has 0 saturated carbocycles. The highest BCUT2D eigenvalue weighted by molar-refractivity contribution is 8.26. The van der Waals surface area contributed by atoms with E-state index in [1.165, 1.54) is 11.8 Å². The van der Waals surface area contributed by atoms with Gasteiger partial charge in [0, 0.05) is 22.2 Å². The third-order valence-electron chi connectivity index (χ3n) is 3.47. The number of nitrogens with zero attached hydrogens (tertiary/aromatic N) is 1. The molecule has 0 radical (unpaired) electrons. The van der Waals surface area contributed by atoms with Crippen molar-refractivity contribution in [3.63, 3.8) is 0 Å². The Labute approximate surface area is 155 Å². The summed E-state index contributed by atoms with van der Waals surface area (Å²) in [5, 5.41) is 0.650. The van der Waals surface area contributed by atoms with Crippen molar-refractivity contribution in [1.29, 1.82) is 0 Å². The van der Waals surface area contributed by atoms with Crippen molar-refractivity contribution in [2.45, 2.75) is 26.3 Å². The number of carbonyl (C=O) groups excluding carboxylic acids is 1. The summed E-state index contributed by atoms with van der Waals surface area (Å²) < 4.78 is 6.40. The highest BCUT2D eigenvalue weighted by Crippen LogP contribution is 2.37. The molecule has 0 bridgehead atoms. The molecule has 2 heterocycles. The van der Waals surface area contributed by atoms with Gasteiger partial charge in [-0.3, -0.25) is 9.69 Å². The van der Waals surface area contributed by atoms with Crippen LogP contribution in [0.4, 0.5) is 0 Å². The lowest BCUT2D eigenvalue weighted by Crippen LogP contribution is -2.44. The van der Waals surface area contributed by atoms with Crippen molar-refractivity contribution in [1.82, 2.24) is 4.90 Å². The van der Waals surface area contributed by atoms with Gasteiger partial charge < -0.3 is 4.42 Å². The third kappa shape index (κ3) is 3.43. The molecule has 1 aliphatic heterocycles. The fourth-order valence-electron chi connectivity index (χ4n) is 2.40. The summed E-state index contributed by atoms with van der Waals surface area (Å²) in [5.74, 6) is 1.23. The van der Waals surface area contributed by atoms with Crippen LogP contribution in [0.25, 0.3) is 17.4 Å². The van der Waals surface area contributed by atoms with Gasteiger partial charge in [-0.05, 0) is 45.0 Å². The molecule has 0 unspecified atom stereocenters. The predicted octanol–water partition coefficient (Wildman–Crippen LogP) is 5.60. The first-order chi connectivity index (χ1) is 11.3. The summed E-state index contributed by atoms with van der Waals surface area (Å²) in [6.07, 6.45) is 1.74. The van der Waals surface area contributed by atoms with Crippen LogP contribution < -0.4 is 0 Å². The van der Waals surface area contributed by atoms with Crippen LogP contribution in [0.3, 0.4) is 0 Å². The lowest BCUT2D eigenvalue weighted by atomic mass is 10.1. The van der Waals surface area contributed by atoms with Gasteiger partial charge in [0.15, 0.2) is 0 Å². The molecule has 1 saturated heterocycles. The van der Waals surface area contributed by atoms with Crippen LogP contribution >= 0.6 is 35.6 Å². The van der Waals surface area contributed by atoms with Gasteiger partial charge in [-0.25, -0.2) is 0 Å². The topological polar surface area (TPSA) is 33.5 Å². The molecule has 1 aromatic carbocycles. The van der Waals surface area contributed by atoms with E-state index >= 15 is 0 Å². The number of hydrogen-bond acceptors (Lipinski definition) is 4. The fourth-order valence-corrected chi connectivity index (χ4v) is 4.21. The molecule has 1 aliphatic rings. The smallest absolute Gasteiger partial charge is 0.266 e. The number of benzene rings is 1. The number of furan rings is 1. The summed E-state index contributed by atoms with van der Waals surface area (Å²) in [5.41, 5.74) is 0.552. The molecule has 2 aromatic rings. The van der Waals surface area contributed by atoms with Gasteiger partial charge in [0.2, 0.25) is 0 Å². The Balaban J connectivity index is 1.88. The minimum atomic E-state index is -0.341. The maximum atomic E-state index is 12.6. The molecule has 0 aliphatic carbocycles. The number of thioether (sulfide) groups is 1. The predicted molar refractivity (Wildman–Crippen MR) is 104 cm³/mol. The normalized spacial score (nSPS) is 17.2. The maximum Gasteiger partial charge on any atom is 0.266 e. The summed E-state index contributed by atoms with van der Waals surface area (Å²) in [6.45, 7) is 5.89. The Hall–Kier alpha value is -1.56. The Morgan fingerprint density at radius 3 is 2.62 bits per heavy atom. The Morgan fingerprint density at radius 2 is 2.00 bits per heavy atom. The second-order valence-electron chi connectivity index (χ2n) is 6.40. The van der Waals surface area contributed by atoms with Crippen molar-refractivity contribution >= 4 is 51.9 Å². The van der Waals surface area contributed by atoms with Crippen molar-refractivity contribution in [2.75, 3.05) is 0 Å². The minimum absolute atomic E-state index is 0.0850. The molecule has 0 atom stereocenters. The number of halogens is 1. The van der Waals surface area contributed by atoms with E-state index in [-0.39, 0.29) is 11.4 Å². The van der Waals surface area contributed by atoms with Gasteiger partial charge in [0.1, 0.15) is 15.8 Å². The van der Waals surface area contributed by atoms with Gasteiger partial charge in [-0.1, -0.05) is 47.7 Å². The van der Waals surface area contributed by atoms with Crippen LogP contribution in [0.1, 0.15) is 26.5 Å². The van der Waals surface area contributed by atoms with Crippen molar-refractivity contribution in [3.05, 3.63) is 52.1 Å². The molecular weight excluding hydrogens is 362 g/mol. The lowest BCUT2D eigenvalue weighted by molar-refractivity contribution is -0.125. The van der Waals surface area contributed by atoms with Crippen molar-refractivity contribution < 1.29 is 9.21 Å². The van der Waals surface area contributed by atoms with E-state index in [0.717, 1.165) is 5.56 Å². The molecule has 124 valence electrons. The molecule has 0 spiro atoms. The number of amides is 1. The van der Waals surface area contributed by atoms with Gasteiger partial charge in [0.05, 0.1) is 4.91 Å². The SMILES string of the molecule is CC(C)(C)N1C(=O)C(=Cc2ccc(-c3cccc(Cl)c3)o2)SC1=S. The Bertz CT molecular complexity index is 849. The van der Waals surface area contributed by atoms with Crippen LogP contribution in [-0.2, 0) is 4.79 Å². The molecule has 3 nitrogen and oxygen atoms in total. The van der Waals surface area contributed by atoms with E-state index in [1.807, 2.05) is 57.2 Å². The average Bonchev–Trinajstić information content (AvgIpc) is 3.04. The first-order valence-corrected chi connectivity index (χ1v) is 9.00. The van der Waals surface area contributed by atoms with Crippen LogP contribution in [-0.4, -0.2) is 20.7 Å². The summed E-state index contributed by atoms with van der Waals surface area (Å²) in [4.78, 5) is 14.8. The highest BCUT2D eigenvalue weighted by Gasteiger charge is 2.39. The quantitative estimate of drug-likeness (QED) is 0.503. The van der Waals surface area contributed by atoms with Crippen LogP contribution in [0.2, 0.25) is 5.02 Å². The third-order valence-corrected chi connectivity index (χ3v) is 5.01. The molecule has 0 N–H and O–H groups in total. The largest absolute Gasteiger partial charge is 0.457 e. The average molecular weight is 378 g/mol. The first-order valence-electron chi connectivity index (χ1n) is 7.39. The minimum Gasteiger partial charge on any atom is -0.457 e. The van der Waals surface area contributed by atoms with E-state index in [4.69, 9.17) is 28.2 Å². The van der Waals surface area contributed by atoms with Gasteiger partial charge in [-0.2, -0.15) is 0 Å². The number of thiocarbonyl (C=S) groups is 1. The summed E-state index contributed by atoms with van der Waals surface area (Å²) in [7, 11) is 0. The molecule has 1 aromatic heterocycles. The van der Waals surface area contributed by atoms with E-state index in [0.29, 0.717) is 25.8 Å². The van der Waals surface area contributed by atoms with Crippen molar-refractivity contribution in [2.24, 2.45) is 0 Å². The maximum absolute atomic E-state index is 12.6. The Kier molecular flexibility index (Phi) is 4.60. The zero-order valence-electron chi connectivity index (χ0n) is 13.5. The highest BCUT2D eigenvalue weighted by atomic mass is 35.5. The Morgan fingerprint density at radius 1 is 1.25 bits per heavy atom. The van der Waals surface area contributed by atoms with Crippen LogP contribution in [0.15, 0.2) is 45.7 Å². The molecule has 6 heteroatoms. The molecule has 1 fully saturated rings. The van der Waals surface area contributed by atoms with Crippen molar-refractivity contribution in [3.8, 4) is 11.3 Å². The van der Waals surface area contributed by atoms with E-state index in [1.54, 1.807) is 11.0 Å².